The van der Waals surface area contributed by atoms with Gasteiger partial charge < -0.3 is 10.2 Å². The molecule has 1 heterocycles. The van der Waals surface area contributed by atoms with Crippen molar-refractivity contribution in [1.82, 2.24) is 4.98 Å². The fourth-order valence-electron chi connectivity index (χ4n) is 1.69. The van der Waals surface area contributed by atoms with Gasteiger partial charge in [-0.05, 0) is 30.7 Å². The molecule has 0 aliphatic carbocycles. The molecular formula is C13H14N4O3. The number of aryl methyl sites for hydroxylation is 1. The summed E-state index contributed by atoms with van der Waals surface area (Å²) >= 11 is 0. The molecule has 1 aromatic heterocycles. The number of hydrazine groups is 1. The van der Waals surface area contributed by atoms with Crippen LogP contribution in [0, 0.1) is 17.0 Å². The van der Waals surface area contributed by atoms with E-state index in [1.165, 1.54) is 6.07 Å². The van der Waals surface area contributed by atoms with Crippen molar-refractivity contribution in [3.63, 3.8) is 0 Å². The zero-order valence-corrected chi connectivity index (χ0v) is 10.9. The number of benzene rings is 1. The Balaban J connectivity index is 2.17. The monoisotopic (exact) mass is 274 g/mol. The van der Waals surface area contributed by atoms with Crippen molar-refractivity contribution in [2.24, 2.45) is 5.84 Å². The third-order valence-electron chi connectivity index (χ3n) is 2.67. The van der Waals surface area contributed by atoms with Crippen LogP contribution in [0.4, 0.5) is 11.4 Å². The molecule has 0 saturated heterocycles. The van der Waals surface area contributed by atoms with Gasteiger partial charge in [0.1, 0.15) is 6.61 Å². The summed E-state index contributed by atoms with van der Waals surface area (Å²) in [7, 11) is 0. The second-order valence-corrected chi connectivity index (χ2v) is 4.20. The molecule has 0 aliphatic rings. The Morgan fingerprint density at radius 2 is 2.20 bits per heavy atom. The highest BCUT2D eigenvalue weighted by Crippen LogP contribution is 2.28. The summed E-state index contributed by atoms with van der Waals surface area (Å²) in [5, 5.41) is 10.9. The first kappa shape index (κ1) is 13.8. The summed E-state index contributed by atoms with van der Waals surface area (Å²) in [6, 6.07) is 8.14. The van der Waals surface area contributed by atoms with Crippen molar-refractivity contribution in [3.05, 3.63) is 57.9 Å². The molecule has 104 valence electrons. The Morgan fingerprint density at radius 1 is 1.40 bits per heavy atom. The highest BCUT2D eigenvalue weighted by molar-refractivity contribution is 5.48. The summed E-state index contributed by atoms with van der Waals surface area (Å²) < 4.78 is 5.49. The van der Waals surface area contributed by atoms with E-state index in [-0.39, 0.29) is 18.0 Å². The van der Waals surface area contributed by atoms with Gasteiger partial charge in [0.2, 0.25) is 0 Å². The number of pyridine rings is 1. The van der Waals surface area contributed by atoms with E-state index < -0.39 is 4.92 Å². The number of rotatable bonds is 5. The second-order valence-electron chi connectivity index (χ2n) is 4.20. The Hall–Kier alpha value is -2.67. The number of hydrogen-bond acceptors (Lipinski definition) is 6. The van der Waals surface area contributed by atoms with E-state index in [9.17, 15) is 10.1 Å². The van der Waals surface area contributed by atoms with Gasteiger partial charge in [0.05, 0.1) is 16.3 Å². The largest absolute Gasteiger partial charge is 0.480 e. The van der Waals surface area contributed by atoms with Gasteiger partial charge in [0.25, 0.3) is 0 Å². The van der Waals surface area contributed by atoms with Crippen molar-refractivity contribution in [1.29, 1.82) is 0 Å². The first-order chi connectivity index (χ1) is 9.60. The normalized spacial score (nSPS) is 10.1. The fourth-order valence-corrected chi connectivity index (χ4v) is 1.69. The Bertz CT molecular complexity index is 631. The lowest BCUT2D eigenvalue weighted by Gasteiger charge is -2.08. The van der Waals surface area contributed by atoms with Crippen LogP contribution in [0.25, 0.3) is 0 Å². The van der Waals surface area contributed by atoms with Crippen LogP contribution in [0.1, 0.15) is 11.3 Å². The number of nitrogens with one attached hydrogen (secondary N) is 1. The predicted octanol–water partition coefficient (Wildman–Crippen LogP) is 2.16. The minimum atomic E-state index is -0.472. The van der Waals surface area contributed by atoms with Crippen molar-refractivity contribution >= 4 is 11.4 Å². The second kappa shape index (κ2) is 5.98. The molecule has 3 N–H and O–H groups in total. The number of nitrogens with two attached hydrogens (primary N) is 1. The molecule has 20 heavy (non-hydrogen) atoms. The third-order valence-corrected chi connectivity index (χ3v) is 2.67. The number of ether oxygens (including phenoxy) is 1. The van der Waals surface area contributed by atoms with Crippen LogP contribution in [0.2, 0.25) is 0 Å². The standard InChI is InChI=1S/C13H14N4O3/c1-9-2-3-12(17(18)19)13(6-9)20-8-11-7-10(16-14)4-5-15-11/h2-7H,8,14H2,1H3,(H,15,16). The zero-order chi connectivity index (χ0) is 14.5. The molecule has 0 atom stereocenters. The van der Waals surface area contributed by atoms with E-state index in [0.717, 1.165) is 5.56 Å². The molecule has 0 bridgehead atoms. The summed E-state index contributed by atoms with van der Waals surface area (Å²) in [6.45, 7) is 1.97. The first-order valence-corrected chi connectivity index (χ1v) is 5.89. The van der Waals surface area contributed by atoms with Crippen LogP contribution in [0.5, 0.6) is 5.75 Å². The fraction of sp³-hybridized carbons (Fsp3) is 0.154. The van der Waals surface area contributed by atoms with Gasteiger partial charge in [-0.25, -0.2) is 0 Å². The summed E-state index contributed by atoms with van der Waals surface area (Å²) in [5.41, 5.74) is 4.63. The van der Waals surface area contributed by atoms with Crippen LogP contribution in [-0.4, -0.2) is 9.91 Å². The zero-order valence-electron chi connectivity index (χ0n) is 10.9. The van der Waals surface area contributed by atoms with Crippen molar-refractivity contribution in [2.45, 2.75) is 13.5 Å². The van der Waals surface area contributed by atoms with Crippen molar-refractivity contribution < 1.29 is 9.66 Å². The molecule has 0 radical (unpaired) electrons. The Morgan fingerprint density at radius 3 is 2.90 bits per heavy atom. The average molecular weight is 274 g/mol. The van der Waals surface area contributed by atoms with Crippen molar-refractivity contribution in [3.8, 4) is 5.75 Å². The van der Waals surface area contributed by atoms with E-state index in [1.54, 1.807) is 30.5 Å². The van der Waals surface area contributed by atoms with Gasteiger partial charge in [-0.15, -0.1) is 0 Å². The molecule has 0 amide bonds. The Kier molecular flexibility index (Phi) is 4.11. The number of anilines is 1. The molecule has 0 unspecified atom stereocenters. The molecule has 0 saturated carbocycles. The van der Waals surface area contributed by atoms with E-state index in [4.69, 9.17) is 10.6 Å². The van der Waals surface area contributed by atoms with Crippen molar-refractivity contribution in [2.75, 3.05) is 5.43 Å². The van der Waals surface area contributed by atoms with E-state index in [1.807, 2.05) is 6.92 Å². The summed E-state index contributed by atoms with van der Waals surface area (Å²) in [5.74, 6) is 5.53. The number of hydrogen-bond donors (Lipinski definition) is 2. The number of nitro benzene ring substituents is 1. The highest BCUT2D eigenvalue weighted by Gasteiger charge is 2.15. The molecule has 7 heteroatoms. The lowest BCUT2D eigenvalue weighted by Crippen LogP contribution is -2.08. The minimum absolute atomic E-state index is 0.0660. The number of nitro groups is 1. The number of aromatic nitrogens is 1. The Labute approximate surface area is 115 Å². The maximum absolute atomic E-state index is 10.9. The molecule has 0 fully saturated rings. The van der Waals surface area contributed by atoms with Gasteiger partial charge in [-0.2, -0.15) is 0 Å². The smallest absolute Gasteiger partial charge is 0.310 e. The molecule has 7 nitrogen and oxygen atoms in total. The molecular weight excluding hydrogens is 260 g/mol. The molecule has 0 aliphatic heterocycles. The SMILES string of the molecule is Cc1ccc([N+](=O)[O-])c(OCc2cc(NN)ccn2)c1. The van der Waals surface area contributed by atoms with Crippen LogP contribution in [0.15, 0.2) is 36.5 Å². The average Bonchev–Trinajstić information content (AvgIpc) is 2.45. The van der Waals surface area contributed by atoms with Gasteiger partial charge in [-0.1, -0.05) is 6.07 Å². The molecule has 1 aromatic carbocycles. The van der Waals surface area contributed by atoms with Crippen LogP contribution in [-0.2, 0) is 6.61 Å². The maximum Gasteiger partial charge on any atom is 0.310 e. The van der Waals surface area contributed by atoms with Crippen LogP contribution in [0.3, 0.4) is 0 Å². The quantitative estimate of drug-likeness (QED) is 0.492. The van der Waals surface area contributed by atoms with Gasteiger partial charge in [0.15, 0.2) is 5.75 Å². The summed E-state index contributed by atoms with van der Waals surface area (Å²) in [4.78, 5) is 14.6. The molecule has 2 aromatic rings. The van der Waals surface area contributed by atoms with Gasteiger partial charge in [0, 0.05) is 12.3 Å². The molecule has 2 rings (SSSR count). The number of nitrogens with zero attached hydrogens (tertiary/aromatic N) is 2. The predicted molar refractivity (Wildman–Crippen MR) is 74.2 cm³/mol. The van der Waals surface area contributed by atoms with E-state index in [0.29, 0.717) is 11.4 Å². The minimum Gasteiger partial charge on any atom is -0.480 e. The lowest BCUT2D eigenvalue weighted by atomic mass is 10.2. The van der Waals surface area contributed by atoms with Gasteiger partial charge in [-0.3, -0.25) is 20.9 Å². The van der Waals surface area contributed by atoms with Crippen LogP contribution >= 0.6 is 0 Å². The highest BCUT2D eigenvalue weighted by atomic mass is 16.6. The summed E-state index contributed by atoms with van der Waals surface area (Å²) in [6.07, 6.45) is 1.58. The number of nitrogen functional groups attached to an aromatic ring is 1. The van der Waals surface area contributed by atoms with Crippen LogP contribution < -0.4 is 16.0 Å². The topological polar surface area (TPSA) is 103 Å². The third kappa shape index (κ3) is 3.21. The van der Waals surface area contributed by atoms with Gasteiger partial charge >= 0.3 is 5.69 Å². The maximum atomic E-state index is 10.9. The lowest BCUT2D eigenvalue weighted by molar-refractivity contribution is -0.386. The first-order valence-electron chi connectivity index (χ1n) is 5.89. The van der Waals surface area contributed by atoms with E-state index in [2.05, 4.69) is 10.4 Å². The van der Waals surface area contributed by atoms with E-state index >= 15 is 0 Å². The molecule has 0 spiro atoms.